The Morgan fingerprint density at radius 3 is 2.60 bits per heavy atom. The molecule has 0 saturated carbocycles. The van der Waals surface area contributed by atoms with Crippen molar-refractivity contribution in [3.8, 4) is 23.4 Å². The summed E-state index contributed by atoms with van der Waals surface area (Å²) in [4.78, 5) is 8.92. The van der Waals surface area contributed by atoms with Crippen LogP contribution in [0.15, 0.2) is 49.1 Å². The lowest BCUT2D eigenvalue weighted by Crippen LogP contribution is -2.71. The van der Waals surface area contributed by atoms with Crippen LogP contribution in [-0.2, 0) is 0 Å². The summed E-state index contributed by atoms with van der Waals surface area (Å²) in [6, 6.07) is 10.9. The number of rotatable bonds is 6. The Bertz CT molecular complexity index is 1610. The first kappa shape index (κ1) is 25.8. The van der Waals surface area contributed by atoms with Crippen molar-refractivity contribution in [2.24, 2.45) is 0 Å². The first-order chi connectivity index (χ1) is 19.3. The summed E-state index contributed by atoms with van der Waals surface area (Å²) in [5.41, 5.74) is 6.08. The molecular weight excluding hydrogens is 500 g/mol. The summed E-state index contributed by atoms with van der Waals surface area (Å²) in [5, 5.41) is 32.0. The molecule has 1 N–H and O–H groups in total. The average molecular weight is 535 g/mol. The molecule has 2 atom stereocenters. The summed E-state index contributed by atoms with van der Waals surface area (Å²) in [6.07, 6.45) is 11.7. The molecule has 0 amide bonds. The summed E-state index contributed by atoms with van der Waals surface area (Å²) >= 11 is 0. The van der Waals surface area contributed by atoms with E-state index in [1.165, 1.54) is 0 Å². The number of fused-ring (bicyclic) bond motifs is 1. The van der Waals surface area contributed by atoms with Crippen LogP contribution in [0.1, 0.15) is 62.6 Å². The Balaban J connectivity index is 1.25. The molecule has 40 heavy (non-hydrogen) atoms. The zero-order valence-corrected chi connectivity index (χ0v) is 23.4. The minimum absolute atomic E-state index is 0.0587. The van der Waals surface area contributed by atoms with Gasteiger partial charge in [-0.25, -0.2) is 4.52 Å². The molecule has 2 aliphatic heterocycles. The highest BCUT2D eigenvalue weighted by Gasteiger charge is 2.49. The molecule has 1 unspecified atom stereocenters. The average Bonchev–Trinajstić information content (AvgIpc) is 3.56. The zero-order chi connectivity index (χ0) is 28.0. The highest BCUT2D eigenvalue weighted by molar-refractivity contribution is 5.83. The van der Waals surface area contributed by atoms with E-state index in [0.717, 1.165) is 66.2 Å². The van der Waals surface area contributed by atoms with Gasteiger partial charge in [0.15, 0.2) is 6.19 Å². The molecule has 4 aromatic heterocycles. The third kappa shape index (κ3) is 4.25. The summed E-state index contributed by atoms with van der Waals surface area (Å²) in [7, 11) is 0. The van der Waals surface area contributed by atoms with Crippen LogP contribution in [-0.4, -0.2) is 65.4 Å². The van der Waals surface area contributed by atoms with Crippen LogP contribution in [0.25, 0.3) is 16.6 Å². The van der Waals surface area contributed by atoms with Crippen LogP contribution in [0.5, 0.6) is 0 Å². The number of aromatic nitrogens is 5. The first-order valence-electron chi connectivity index (χ1n) is 13.9. The van der Waals surface area contributed by atoms with Crippen LogP contribution in [0.4, 0.5) is 5.69 Å². The van der Waals surface area contributed by atoms with Crippen molar-refractivity contribution in [3.05, 3.63) is 66.0 Å². The first-order valence-corrected chi connectivity index (χ1v) is 13.9. The van der Waals surface area contributed by atoms with Crippen molar-refractivity contribution in [2.75, 3.05) is 25.0 Å². The van der Waals surface area contributed by atoms with Gasteiger partial charge in [-0.3, -0.25) is 14.6 Å². The maximum Gasteiger partial charge on any atom is 0.179 e. The molecule has 4 aromatic rings. The second-order valence-corrected chi connectivity index (χ2v) is 11.5. The Labute approximate surface area is 234 Å². The lowest BCUT2D eigenvalue weighted by Gasteiger charge is -2.57. The smallest absolute Gasteiger partial charge is 0.179 e. The van der Waals surface area contributed by atoms with E-state index in [-0.39, 0.29) is 11.6 Å². The number of anilines is 1. The van der Waals surface area contributed by atoms with Crippen molar-refractivity contribution in [1.29, 1.82) is 10.5 Å². The fraction of sp³-hybridized carbons (Fsp3) is 0.433. The van der Waals surface area contributed by atoms with Crippen molar-refractivity contribution >= 4 is 11.2 Å². The summed E-state index contributed by atoms with van der Waals surface area (Å²) < 4.78 is 3.96. The normalized spacial score (nSPS) is 20.1. The van der Waals surface area contributed by atoms with E-state index in [9.17, 15) is 10.5 Å². The Morgan fingerprint density at radius 2 is 1.93 bits per heavy atom. The molecule has 10 heteroatoms. The van der Waals surface area contributed by atoms with Crippen LogP contribution in [0, 0.1) is 29.7 Å². The quantitative estimate of drug-likeness (QED) is 0.359. The van der Waals surface area contributed by atoms with Gasteiger partial charge in [0.05, 0.1) is 53.0 Å². The van der Waals surface area contributed by atoms with Gasteiger partial charge in [-0.1, -0.05) is 6.07 Å². The summed E-state index contributed by atoms with van der Waals surface area (Å²) in [6.45, 7) is 11.3. The van der Waals surface area contributed by atoms with Gasteiger partial charge in [0.25, 0.3) is 0 Å². The van der Waals surface area contributed by atoms with Crippen LogP contribution >= 0.6 is 0 Å². The van der Waals surface area contributed by atoms with E-state index in [2.05, 4.69) is 71.0 Å². The predicted octanol–water partition coefficient (Wildman–Crippen LogP) is 4.53. The fourth-order valence-corrected chi connectivity index (χ4v) is 6.35. The van der Waals surface area contributed by atoms with Crippen molar-refractivity contribution < 1.29 is 0 Å². The molecule has 6 rings (SSSR count). The molecule has 2 fully saturated rings. The molecule has 2 aliphatic rings. The second kappa shape index (κ2) is 9.96. The van der Waals surface area contributed by atoms with Gasteiger partial charge in [0.2, 0.25) is 0 Å². The summed E-state index contributed by atoms with van der Waals surface area (Å²) in [5.74, 6) is 0. The van der Waals surface area contributed by atoms with Gasteiger partial charge >= 0.3 is 0 Å². The van der Waals surface area contributed by atoms with E-state index in [0.29, 0.717) is 17.6 Å². The number of likely N-dealkylation sites (tertiary alicyclic amines) is 2. The molecule has 10 nitrogen and oxygen atoms in total. The number of pyridine rings is 2. The molecule has 0 radical (unpaired) electrons. The maximum absolute atomic E-state index is 9.73. The molecular formula is C30H34N10. The van der Waals surface area contributed by atoms with Gasteiger partial charge < -0.3 is 10.2 Å². The van der Waals surface area contributed by atoms with Crippen molar-refractivity contribution in [2.45, 2.75) is 64.2 Å². The van der Waals surface area contributed by atoms with Gasteiger partial charge in [-0.15, -0.1) is 0 Å². The van der Waals surface area contributed by atoms with Crippen molar-refractivity contribution in [1.82, 2.24) is 34.2 Å². The van der Waals surface area contributed by atoms with E-state index in [4.69, 9.17) is 5.10 Å². The van der Waals surface area contributed by atoms with E-state index < -0.39 is 0 Å². The zero-order valence-electron chi connectivity index (χ0n) is 23.4. The third-order valence-corrected chi connectivity index (χ3v) is 8.86. The topological polar surface area (TPSA) is 114 Å². The SMILES string of the molecule is Cc1c(-c2cc(N[C@H](C)c3ccccn3)c3c(C#N)cnn3c2)cnn1C1CCN(C2CN(C#N)C2(C)C)CC1. The molecule has 0 spiro atoms. The van der Waals surface area contributed by atoms with Gasteiger partial charge in [-0.05, 0) is 58.7 Å². The number of nitrogens with zero attached hydrogens (tertiary/aromatic N) is 9. The third-order valence-electron chi connectivity index (χ3n) is 8.86. The van der Waals surface area contributed by atoms with Crippen LogP contribution in [0.3, 0.4) is 0 Å². The highest BCUT2D eigenvalue weighted by atomic mass is 15.4. The minimum Gasteiger partial charge on any atom is -0.375 e. The Kier molecular flexibility index (Phi) is 6.44. The van der Waals surface area contributed by atoms with Crippen molar-refractivity contribution in [3.63, 3.8) is 0 Å². The number of nitriles is 2. The lowest BCUT2D eigenvalue weighted by molar-refractivity contribution is -0.0603. The lowest BCUT2D eigenvalue weighted by atomic mass is 9.81. The van der Waals surface area contributed by atoms with E-state index >= 15 is 0 Å². The van der Waals surface area contributed by atoms with Gasteiger partial charge in [-0.2, -0.15) is 20.7 Å². The number of piperidine rings is 1. The maximum atomic E-state index is 9.73. The number of hydrogen-bond donors (Lipinski definition) is 1. The number of hydrogen-bond acceptors (Lipinski definition) is 8. The Morgan fingerprint density at radius 1 is 1.12 bits per heavy atom. The molecule has 0 bridgehead atoms. The van der Waals surface area contributed by atoms with E-state index in [1.807, 2.05) is 35.5 Å². The minimum atomic E-state index is -0.104. The molecule has 6 heterocycles. The fourth-order valence-electron chi connectivity index (χ4n) is 6.35. The van der Waals surface area contributed by atoms with E-state index in [1.54, 1.807) is 16.9 Å². The molecule has 2 saturated heterocycles. The molecule has 0 aromatic carbocycles. The molecule has 0 aliphatic carbocycles. The standard InChI is InChI=1S/C30H34N10/c1-20(26-7-5-6-10-33-26)36-27-13-22(17-39-29(27)23(14-31)15-34-39)25-16-35-40(21(25)2)24-8-11-37(12-9-24)28-18-38(19-32)30(28,3)4/h5-7,10,13,15-17,20,24,28,36H,8-9,11-12,18H2,1-4H3/t20-,28?/m1/s1. The number of nitrogens with one attached hydrogen (secondary N) is 1. The monoisotopic (exact) mass is 534 g/mol. The highest BCUT2D eigenvalue weighted by Crippen LogP contribution is 2.37. The molecule has 204 valence electrons. The van der Waals surface area contributed by atoms with Crippen LogP contribution in [0.2, 0.25) is 0 Å². The van der Waals surface area contributed by atoms with Gasteiger partial charge in [0.1, 0.15) is 11.6 Å². The largest absolute Gasteiger partial charge is 0.375 e. The second-order valence-electron chi connectivity index (χ2n) is 11.5. The Hall–Kier alpha value is -4.41. The predicted molar refractivity (Wildman–Crippen MR) is 152 cm³/mol. The van der Waals surface area contributed by atoms with Crippen LogP contribution < -0.4 is 5.32 Å². The van der Waals surface area contributed by atoms with Gasteiger partial charge in [0, 0.05) is 48.8 Å².